The highest BCUT2D eigenvalue weighted by atomic mass is 16.6. The van der Waals surface area contributed by atoms with Gasteiger partial charge in [0.25, 0.3) is 0 Å². The van der Waals surface area contributed by atoms with E-state index in [9.17, 15) is 28.8 Å². The molecule has 0 heterocycles. The number of rotatable bonds is 39. The number of unbranched alkanes of at least 4 members (excludes halogenated alkanes) is 12. The molecule has 0 radical (unpaired) electrons. The lowest BCUT2D eigenvalue weighted by Gasteiger charge is -2.29. The average molecular weight is 991 g/mol. The molecule has 0 unspecified atom stereocenters. The van der Waals surface area contributed by atoms with Crippen LogP contribution in [-0.4, -0.2) is 88.2 Å². The minimum Gasteiger partial charge on any atom is -0.494 e. The molecule has 0 saturated heterocycles. The summed E-state index contributed by atoms with van der Waals surface area (Å²) >= 11 is 0. The Labute approximate surface area is 422 Å². The van der Waals surface area contributed by atoms with Gasteiger partial charge in [0.05, 0.1) is 51.3 Å². The molecule has 394 valence electrons. The second-order valence-corrected chi connectivity index (χ2v) is 18.4. The van der Waals surface area contributed by atoms with Gasteiger partial charge in [0.2, 0.25) is 0 Å². The van der Waals surface area contributed by atoms with E-state index < -0.39 is 11.9 Å². The number of carbonyl (C=O) groups excluding carboxylic acids is 6. The minimum absolute atomic E-state index is 0.187. The summed E-state index contributed by atoms with van der Waals surface area (Å²) in [5.74, 6) is -0.172. The van der Waals surface area contributed by atoms with Crippen molar-refractivity contribution in [2.24, 2.45) is 0 Å². The fraction of sp³-hybridized carbons (Fsp3) is 0.614. The molecular formula is C57H82O14. The quantitative estimate of drug-likeness (QED) is 0.0203. The van der Waals surface area contributed by atoms with Crippen molar-refractivity contribution in [2.75, 3.05) is 46.2 Å². The molecule has 1 fully saturated rings. The summed E-state index contributed by atoms with van der Waals surface area (Å²) in [6.45, 7) is 13.5. The minimum atomic E-state index is -0.417. The predicted molar refractivity (Wildman–Crippen MR) is 271 cm³/mol. The fourth-order valence-corrected chi connectivity index (χ4v) is 7.77. The van der Waals surface area contributed by atoms with Crippen LogP contribution in [0.25, 0.3) is 0 Å². The van der Waals surface area contributed by atoms with Gasteiger partial charge in [0.15, 0.2) is 0 Å². The van der Waals surface area contributed by atoms with E-state index in [-0.39, 0.29) is 30.0 Å². The van der Waals surface area contributed by atoms with Crippen LogP contribution in [0.3, 0.4) is 0 Å². The van der Waals surface area contributed by atoms with E-state index in [1.807, 2.05) is 12.1 Å². The first kappa shape index (κ1) is 59.8. The number of carbonyl (C=O) groups is 6. The van der Waals surface area contributed by atoms with Gasteiger partial charge >= 0.3 is 35.8 Å². The van der Waals surface area contributed by atoms with E-state index in [1.54, 1.807) is 38.1 Å². The summed E-state index contributed by atoms with van der Waals surface area (Å²) in [5.41, 5.74) is 2.48. The Kier molecular flexibility index (Phi) is 31.4. The van der Waals surface area contributed by atoms with E-state index in [0.29, 0.717) is 132 Å². The Morgan fingerprint density at radius 2 is 0.817 bits per heavy atom. The number of ether oxygens (including phenoxy) is 8. The van der Waals surface area contributed by atoms with Gasteiger partial charge in [0, 0.05) is 37.0 Å². The van der Waals surface area contributed by atoms with Crippen LogP contribution in [0, 0.1) is 0 Å². The van der Waals surface area contributed by atoms with Crippen LogP contribution in [0.2, 0.25) is 0 Å². The molecule has 0 aromatic heterocycles. The molecule has 1 aliphatic carbocycles. The Hall–Kier alpha value is -5.50. The molecular weight excluding hydrogens is 909 g/mol. The van der Waals surface area contributed by atoms with Crippen LogP contribution in [0.4, 0.5) is 0 Å². The molecule has 71 heavy (non-hydrogen) atoms. The van der Waals surface area contributed by atoms with Crippen molar-refractivity contribution in [3.63, 3.8) is 0 Å². The van der Waals surface area contributed by atoms with Crippen LogP contribution >= 0.6 is 0 Å². The van der Waals surface area contributed by atoms with Gasteiger partial charge in [-0.15, -0.1) is 0 Å². The Balaban J connectivity index is 1.08. The Morgan fingerprint density at radius 3 is 1.25 bits per heavy atom. The zero-order chi connectivity index (χ0) is 51.3. The molecule has 2 aromatic rings. The predicted octanol–water partition coefficient (Wildman–Crippen LogP) is 12.0. The van der Waals surface area contributed by atoms with E-state index >= 15 is 0 Å². The summed E-state index contributed by atoms with van der Waals surface area (Å²) in [5, 5.41) is 0. The zero-order valence-corrected chi connectivity index (χ0v) is 42.8. The van der Waals surface area contributed by atoms with Gasteiger partial charge in [-0.1, -0.05) is 31.7 Å². The van der Waals surface area contributed by atoms with Crippen molar-refractivity contribution in [3.05, 3.63) is 84.0 Å². The van der Waals surface area contributed by atoms with Gasteiger partial charge in [-0.05, 0) is 190 Å². The standard InChI is InChI=1S/C57H82O14/c1-44(2)55(61)69-42-18-8-6-16-38-65-50-33-29-48(30-34-50)57(63)71-51-35-27-47(28-36-51)46-25-31-49(32-26-46)64-37-15-5-7-17-39-66-52(58)22-12-9-19-40-67-53(59)23-13-10-20-41-68-54(60)24-14-11-21-43-70-56(62)45(3)4/h27-30,33-36,46,49H,1,3,5-26,31-32,37-43H2,2,4H3/t46-,49-. The number of esters is 6. The number of benzene rings is 2. The maximum Gasteiger partial charge on any atom is 0.343 e. The first-order valence-corrected chi connectivity index (χ1v) is 26.2. The van der Waals surface area contributed by atoms with Crippen LogP contribution in [0.5, 0.6) is 11.5 Å². The first-order chi connectivity index (χ1) is 34.4. The maximum absolute atomic E-state index is 12.8. The normalized spacial score (nSPS) is 14.2. The summed E-state index contributed by atoms with van der Waals surface area (Å²) < 4.78 is 43.8. The SMILES string of the molecule is C=C(C)C(=O)OCCCCCCOc1ccc(C(=O)Oc2ccc([C@H]3CC[C@H](OCCCCCCOC(=O)CCCCCOC(=O)CCCCCOC(=O)CCCCCOC(=O)C(=C)C)CC3)cc2)cc1. The molecule has 0 atom stereocenters. The molecule has 2 aromatic carbocycles. The third-order valence-electron chi connectivity index (χ3n) is 12.1. The van der Waals surface area contributed by atoms with Gasteiger partial charge < -0.3 is 37.9 Å². The van der Waals surface area contributed by atoms with Gasteiger partial charge in [0.1, 0.15) is 11.5 Å². The monoisotopic (exact) mass is 991 g/mol. The smallest absolute Gasteiger partial charge is 0.343 e. The van der Waals surface area contributed by atoms with Crippen LogP contribution in [0.1, 0.15) is 190 Å². The highest BCUT2D eigenvalue weighted by molar-refractivity contribution is 5.91. The highest BCUT2D eigenvalue weighted by Gasteiger charge is 2.23. The van der Waals surface area contributed by atoms with Crippen molar-refractivity contribution >= 4 is 35.8 Å². The zero-order valence-electron chi connectivity index (χ0n) is 42.8. The van der Waals surface area contributed by atoms with Crippen LogP contribution in [-0.2, 0) is 52.4 Å². The second kappa shape index (κ2) is 37.3. The molecule has 0 spiro atoms. The van der Waals surface area contributed by atoms with Crippen molar-refractivity contribution in [3.8, 4) is 11.5 Å². The van der Waals surface area contributed by atoms with Crippen LogP contribution in [0.15, 0.2) is 72.8 Å². The van der Waals surface area contributed by atoms with E-state index in [4.69, 9.17) is 37.9 Å². The third kappa shape index (κ3) is 28.8. The molecule has 0 bridgehead atoms. The molecule has 0 N–H and O–H groups in total. The van der Waals surface area contributed by atoms with Gasteiger partial charge in [-0.25, -0.2) is 14.4 Å². The molecule has 1 aliphatic rings. The lowest BCUT2D eigenvalue weighted by molar-refractivity contribution is -0.145. The number of hydrogen-bond acceptors (Lipinski definition) is 14. The van der Waals surface area contributed by atoms with Gasteiger partial charge in [-0.3, -0.25) is 14.4 Å². The van der Waals surface area contributed by atoms with E-state index in [0.717, 1.165) is 103 Å². The fourth-order valence-electron chi connectivity index (χ4n) is 7.77. The van der Waals surface area contributed by atoms with Crippen LogP contribution < -0.4 is 9.47 Å². The van der Waals surface area contributed by atoms with Crippen molar-refractivity contribution in [1.82, 2.24) is 0 Å². The Morgan fingerprint density at radius 1 is 0.437 bits per heavy atom. The second-order valence-electron chi connectivity index (χ2n) is 18.4. The first-order valence-electron chi connectivity index (χ1n) is 26.2. The molecule has 14 heteroatoms. The van der Waals surface area contributed by atoms with Crippen molar-refractivity contribution in [1.29, 1.82) is 0 Å². The highest BCUT2D eigenvalue weighted by Crippen LogP contribution is 2.35. The largest absolute Gasteiger partial charge is 0.494 e. The lowest BCUT2D eigenvalue weighted by Crippen LogP contribution is -2.21. The number of hydrogen-bond donors (Lipinski definition) is 0. The molecule has 1 saturated carbocycles. The maximum atomic E-state index is 12.8. The Bertz CT molecular complexity index is 1880. The molecule has 3 rings (SSSR count). The summed E-state index contributed by atoms with van der Waals surface area (Å²) in [6, 6.07) is 14.8. The summed E-state index contributed by atoms with van der Waals surface area (Å²) in [7, 11) is 0. The summed E-state index contributed by atoms with van der Waals surface area (Å²) in [6.07, 6.45) is 19.3. The van der Waals surface area contributed by atoms with Gasteiger partial charge in [-0.2, -0.15) is 0 Å². The average Bonchev–Trinajstić information content (AvgIpc) is 3.36. The molecule has 0 amide bonds. The van der Waals surface area contributed by atoms with Crippen molar-refractivity contribution in [2.45, 2.75) is 180 Å². The van der Waals surface area contributed by atoms with Crippen molar-refractivity contribution < 1.29 is 66.7 Å². The molecule has 0 aliphatic heterocycles. The van der Waals surface area contributed by atoms with E-state index in [1.165, 1.54) is 5.56 Å². The molecule has 14 nitrogen and oxygen atoms in total. The van der Waals surface area contributed by atoms with E-state index in [2.05, 4.69) is 25.3 Å². The summed E-state index contributed by atoms with van der Waals surface area (Å²) in [4.78, 5) is 71.5. The topological polar surface area (TPSA) is 176 Å². The lowest BCUT2D eigenvalue weighted by atomic mass is 9.83. The third-order valence-corrected chi connectivity index (χ3v) is 12.1.